The van der Waals surface area contributed by atoms with E-state index in [1.54, 1.807) is 0 Å². The lowest BCUT2D eigenvalue weighted by molar-refractivity contribution is 0.888. The van der Waals surface area contributed by atoms with E-state index in [0.29, 0.717) is 0 Å². The maximum atomic E-state index is 2.44. The normalized spacial score (nSPS) is 13.6. The summed E-state index contributed by atoms with van der Waals surface area (Å²) in [6.45, 7) is 13.5. The highest BCUT2D eigenvalue weighted by Gasteiger charge is 1.96. The Balaban J connectivity index is 2.19. The third-order valence-corrected chi connectivity index (χ3v) is 6.59. The highest BCUT2D eigenvalue weighted by Crippen LogP contribution is 2.16. The van der Waals surface area contributed by atoms with Gasteiger partial charge in [-0.05, 0) is 117 Å². The molecule has 0 spiro atoms. The summed E-state index contributed by atoms with van der Waals surface area (Å²) in [5.74, 6) is 0. The van der Waals surface area contributed by atoms with Crippen LogP contribution in [0.3, 0.4) is 0 Å². The summed E-state index contributed by atoms with van der Waals surface area (Å²) < 4.78 is 0. The zero-order chi connectivity index (χ0) is 22.9. The van der Waals surface area contributed by atoms with E-state index >= 15 is 0 Å². The Bertz CT molecular complexity index is 746. The monoisotopic (exact) mass is 438 g/mol. The quantitative estimate of drug-likeness (QED) is 0.239. The largest absolute Gasteiger partial charge is 0.149 e. The standard InChI is InChI=1S/C30H46S/c1-25(2)13-7-14-26(3)15-8-16-27(4)17-9-18-28(5)19-10-20-29(6)21-11-22-30-23-12-24-31-30/h12-13,15,17,19,21,23-24H,7-11,14,16,18,20,22H2,1-6H3. The highest BCUT2D eigenvalue weighted by atomic mass is 32.1. The average Bonchev–Trinajstić information content (AvgIpc) is 3.21. The number of allylic oxidation sites excluding steroid dienone is 10. The maximum absolute atomic E-state index is 2.44. The molecule has 0 aliphatic rings. The van der Waals surface area contributed by atoms with Gasteiger partial charge in [0.2, 0.25) is 0 Å². The van der Waals surface area contributed by atoms with Crippen molar-refractivity contribution in [2.45, 2.75) is 106 Å². The number of thiophene rings is 1. The first-order valence-electron chi connectivity index (χ1n) is 12.1. The average molecular weight is 439 g/mol. The first-order chi connectivity index (χ1) is 14.9. The molecule has 1 aromatic heterocycles. The van der Waals surface area contributed by atoms with Crippen LogP contribution in [0.1, 0.15) is 104 Å². The molecule has 0 nitrogen and oxygen atoms in total. The van der Waals surface area contributed by atoms with Crippen molar-refractivity contribution in [3.05, 3.63) is 80.6 Å². The molecule has 172 valence electrons. The van der Waals surface area contributed by atoms with Crippen LogP contribution in [-0.4, -0.2) is 0 Å². The summed E-state index contributed by atoms with van der Waals surface area (Å²) in [5, 5.41) is 2.17. The molecule has 0 aliphatic heterocycles. The van der Waals surface area contributed by atoms with Crippen LogP contribution in [0.4, 0.5) is 0 Å². The lowest BCUT2D eigenvalue weighted by Gasteiger charge is -2.03. The molecule has 0 saturated heterocycles. The van der Waals surface area contributed by atoms with Gasteiger partial charge in [-0.15, -0.1) is 11.3 Å². The van der Waals surface area contributed by atoms with Crippen molar-refractivity contribution < 1.29 is 0 Å². The zero-order valence-corrected chi connectivity index (χ0v) is 21.9. The molecule has 0 amide bonds. The molecule has 1 aromatic rings. The predicted molar refractivity (Wildman–Crippen MR) is 144 cm³/mol. The molecule has 0 radical (unpaired) electrons. The van der Waals surface area contributed by atoms with Gasteiger partial charge in [0.15, 0.2) is 0 Å². The molecule has 1 heterocycles. The predicted octanol–water partition coefficient (Wildman–Crippen LogP) is 10.6. The zero-order valence-electron chi connectivity index (χ0n) is 21.1. The van der Waals surface area contributed by atoms with Crippen LogP contribution in [0.5, 0.6) is 0 Å². The Morgan fingerprint density at radius 1 is 0.613 bits per heavy atom. The molecule has 0 aromatic carbocycles. The molecule has 0 atom stereocenters. The van der Waals surface area contributed by atoms with Gasteiger partial charge in [-0.25, -0.2) is 0 Å². The number of aryl methyl sites for hydroxylation is 1. The van der Waals surface area contributed by atoms with E-state index in [0.717, 1.165) is 0 Å². The van der Waals surface area contributed by atoms with Gasteiger partial charge in [0.1, 0.15) is 0 Å². The highest BCUT2D eigenvalue weighted by molar-refractivity contribution is 7.09. The number of hydrogen-bond acceptors (Lipinski definition) is 1. The Hall–Kier alpha value is -1.60. The van der Waals surface area contributed by atoms with Crippen LogP contribution < -0.4 is 0 Å². The van der Waals surface area contributed by atoms with Gasteiger partial charge in [0.05, 0.1) is 0 Å². The molecule has 0 bridgehead atoms. The molecule has 31 heavy (non-hydrogen) atoms. The summed E-state index contributed by atoms with van der Waals surface area (Å²) in [5.41, 5.74) is 7.55. The van der Waals surface area contributed by atoms with Crippen LogP contribution in [-0.2, 0) is 6.42 Å². The molecule has 0 fully saturated rings. The number of rotatable bonds is 15. The van der Waals surface area contributed by atoms with E-state index in [2.05, 4.69) is 89.4 Å². The molecule has 0 N–H and O–H groups in total. The Morgan fingerprint density at radius 3 is 1.42 bits per heavy atom. The van der Waals surface area contributed by atoms with Crippen molar-refractivity contribution in [3.63, 3.8) is 0 Å². The minimum atomic E-state index is 1.17. The molecule has 1 heteroatoms. The van der Waals surface area contributed by atoms with Crippen molar-refractivity contribution >= 4 is 11.3 Å². The van der Waals surface area contributed by atoms with Crippen LogP contribution >= 0.6 is 11.3 Å². The summed E-state index contributed by atoms with van der Waals surface area (Å²) in [4.78, 5) is 1.49. The van der Waals surface area contributed by atoms with Gasteiger partial charge in [-0.1, -0.05) is 64.3 Å². The maximum Gasteiger partial charge on any atom is 0.00483 e. The van der Waals surface area contributed by atoms with Gasteiger partial charge in [-0.2, -0.15) is 0 Å². The fourth-order valence-electron chi connectivity index (χ4n) is 3.55. The second kappa shape index (κ2) is 17.0. The van der Waals surface area contributed by atoms with E-state index in [1.165, 1.54) is 97.0 Å². The minimum Gasteiger partial charge on any atom is -0.149 e. The van der Waals surface area contributed by atoms with E-state index in [9.17, 15) is 0 Å². The van der Waals surface area contributed by atoms with Crippen LogP contribution in [0, 0.1) is 0 Å². The lowest BCUT2D eigenvalue weighted by Crippen LogP contribution is -1.83. The Labute approximate surface area is 197 Å². The second-order valence-electron chi connectivity index (χ2n) is 9.26. The van der Waals surface area contributed by atoms with Crippen LogP contribution in [0.15, 0.2) is 75.8 Å². The first kappa shape index (κ1) is 27.4. The summed E-state index contributed by atoms with van der Waals surface area (Å²) in [6, 6.07) is 4.38. The van der Waals surface area contributed by atoms with Crippen molar-refractivity contribution in [1.29, 1.82) is 0 Å². The number of hydrogen-bond donors (Lipinski definition) is 0. The van der Waals surface area contributed by atoms with Crippen LogP contribution in [0.25, 0.3) is 0 Å². The molecular formula is C30H46S. The van der Waals surface area contributed by atoms with Gasteiger partial charge in [-0.3, -0.25) is 0 Å². The van der Waals surface area contributed by atoms with E-state index in [4.69, 9.17) is 0 Å². The van der Waals surface area contributed by atoms with Gasteiger partial charge < -0.3 is 0 Å². The van der Waals surface area contributed by atoms with Crippen molar-refractivity contribution in [1.82, 2.24) is 0 Å². The minimum absolute atomic E-state index is 1.17. The molecular weight excluding hydrogens is 392 g/mol. The summed E-state index contributed by atoms with van der Waals surface area (Å²) in [6.07, 6.45) is 23.9. The fraction of sp³-hybridized carbons (Fsp3) is 0.533. The molecule has 0 saturated carbocycles. The van der Waals surface area contributed by atoms with Gasteiger partial charge >= 0.3 is 0 Å². The van der Waals surface area contributed by atoms with Crippen LogP contribution in [0.2, 0.25) is 0 Å². The lowest BCUT2D eigenvalue weighted by atomic mass is 10.0. The van der Waals surface area contributed by atoms with E-state index in [-0.39, 0.29) is 0 Å². The molecule has 0 aliphatic carbocycles. The molecule has 1 rings (SSSR count). The SMILES string of the molecule is CC(C)=CCCC(C)=CCCC(C)=CCCC(C)=CCCC(C)=CCCc1cccs1. The van der Waals surface area contributed by atoms with Gasteiger partial charge in [0.25, 0.3) is 0 Å². The van der Waals surface area contributed by atoms with Crippen molar-refractivity contribution in [2.24, 2.45) is 0 Å². The van der Waals surface area contributed by atoms with Crippen molar-refractivity contribution in [2.75, 3.05) is 0 Å². The fourth-order valence-corrected chi connectivity index (χ4v) is 4.28. The van der Waals surface area contributed by atoms with Gasteiger partial charge in [0, 0.05) is 4.88 Å². The molecule has 0 unspecified atom stereocenters. The summed E-state index contributed by atoms with van der Waals surface area (Å²) >= 11 is 1.87. The third-order valence-electron chi connectivity index (χ3n) is 5.65. The smallest absolute Gasteiger partial charge is 0.00483 e. The Kier molecular flexibility index (Phi) is 15.1. The topological polar surface area (TPSA) is 0 Å². The first-order valence-corrected chi connectivity index (χ1v) is 13.0. The second-order valence-corrected chi connectivity index (χ2v) is 10.3. The van der Waals surface area contributed by atoms with E-state index < -0.39 is 0 Å². The summed E-state index contributed by atoms with van der Waals surface area (Å²) in [7, 11) is 0. The Morgan fingerprint density at radius 2 is 1.03 bits per heavy atom. The third kappa shape index (κ3) is 15.8. The van der Waals surface area contributed by atoms with E-state index in [1.807, 2.05) is 11.3 Å². The van der Waals surface area contributed by atoms with Crippen molar-refractivity contribution in [3.8, 4) is 0 Å².